The molecule has 4 nitrogen and oxygen atoms in total. The van der Waals surface area contributed by atoms with Crippen molar-refractivity contribution in [2.45, 2.75) is 33.2 Å². The first kappa shape index (κ1) is 13.3. The van der Waals surface area contributed by atoms with E-state index in [-0.39, 0.29) is 5.54 Å². The van der Waals surface area contributed by atoms with Crippen LogP contribution in [-0.2, 0) is 0 Å². The second-order valence-corrected chi connectivity index (χ2v) is 5.70. The van der Waals surface area contributed by atoms with Crippen LogP contribution in [0.3, 0.4) is 0 Å². The molecule has 1 heterocycles. The molecule has 0 amide bonds. The van der Waals surface area contributed by atoms with Crippen LogP contribution in [0.2, 0.25) is 0 Å². The Morgan fingerprint density at radius 2 is 1.68 bits per heavy atom. The van der Waals surface area contributed by atoms with Gasteiger partial charge in [-0.15, -0.1) is 0 Å². The minimum absolute atomic E-state index is 0.0113. The van der Waals surface area contributed by atoms with Gasteiger partial charge < -0.3 is 11.1 Å². The molecule has 100 valence electrons. The van der Waals surface area contributed by atoms with Crippen molar-refractivity contribution < 1.29 is 0 Å². The Labute approximate surface area is 114 Å². The average molecular weight is 256 g/mol. The van der Waals surface area contributed by atoms with Crippen LogP contribution < -0.4 is 11.1 Å². The van der Waals surface area contributed by atoms with Crippen molar-refractivity contribution in [2.75, 3.05) is 11.1 Å². The van der Waals surface area contributed by atoms with Gasteiger partial charge in [-0.25, -0.2) is 9.97 Å². The van der Waals surface area contributed by atoms with Gasteiger partial charge in [0.05, 0.1) is 11.4 Å². The number of nitrogen functional groups attached to an aromatic ring is 1. The number of rotatable bonds is 2. The van der Waals surface area contributed by atoms with Crippen LogP contribution in [0.25, 0.3) is 11.1 Å². The molecule has 3 N–H and O–H groups in total. The SMILES string of the molecule is Cc1ncc(-c2ccc(NC(C)(C)C)c(N)c2)cn1. The molecule has 0 radical (unpaired) electrons. The lowest BCUT2D eigenvalue weighted by molar-refractivity contribution is 0.634. The Bertz CT molecular complexity index is 568. The second-order valence-electron chi connectivity index (χ2n) is 5.70. The van der Waals surface area contributed by atoms with E-state index in [1.165, 1.54) is 0 Å². The van der Waals surface area contributed by atoms with Gasteiger partial charge in [-0.1, -0.05) is 6.07 Å². The van der Waals surface area contributed by atoms with Gasteiger partial charge in [-0.05, 0) is 45.4 Å². The lowest BCUT2D eigenvalue weighted by Gasteiger charge is -2.23. The molecule has 0 aliphatic carbocycles. The lowest BCUT2D eigenvalue weighted by atomic mass is 10.0. The van der Waals surface area contributed by atoms with Crippen molar-refractivity contribution in [3.8, 4) is 11.1 Å². The molecule has 4 heteroatoms. The number of hydrogen-bond donors (Lipinski definition) is 2. The van der Waals surface area contributed by atoms with E-state index in [1.54, 1.807) is 0 Å². The molecule has 0 aliphatic heterocycles. The molecule has 0 atom stereocenters. The van der Waals surface area contributed by atoms with E-state index in [2.05, 4.69) is 36.1 Å². The summed E-state index contributed by atoms with van der Waals surface area (Å²) in [5.74, 6) is 0.766. The zero-order valence-corrected chi connectivity index (χ0v) is 11.9. The van der Waals surface area contributed by atoms with Crippen molar-refractivity contribution >= 4 is 11.4 Å². The van der Waals surface area contributed by atoms with Gasteiger partial charge in [-0.3, -0.25) is 0 Å². The number of aromatic nitrogens is 2. The fourth-order valence-corrected chi connectivity index (χ4v) is 1.80. The van der Waals surface area contributed by atoms with Gasteiger partial charge in [-0.2, -0.15) is 0 Å². The Morgan fingerprint density at radius 3 is 2.21 bits per heavy atom. The highest BCUT2D eigenvalue weighted by Gasteiger charge is 2.11. The van der Waals surface area contributed by atoms with Crippen LogP contribution in [0.1, 0.15) is 26.6 Å². The van der Waals surface area contributed by atoms with E-state index >= 15 is 0 Å². The van der Waals surface area contributed by atoms with E-state index in [0.29, 0.717) is 0 Å². The van der Waals surface area contributed by atoms with E-state index in [9.17, 15) is 0 Å². The highest BCUT2D eigenvalue weighted by molar-refractivity contribution is 5.75. The third-order valence-corrected chi connectivity index (χ3v) is 2.68. The second kappa shape index (κ2) is 4.88. The molecule has 0 fully saturated rings. The summed E-state index contributed by atoms with van der Waals surface area (Å²) in [4.78, 5) is 8.40. The topological polar surface area (TPSA) is 63.8 Å². The van der Waals surface area contributed by atoms with Crippen LogP contribution in [0.15, 0.2) is 30.6 Å². The van der Waals surface area contributed by atoms with Crippen LogP contribution in [0, 0.1) is 6.92 Å². The van der Waals surface area contributed by atoms with Crippen LogP contribution in [0.4, 0.5) is 11.4 Å². The number of benzene rings is 1. The van der Waals surface area contributed by atoms with Crippen LogP contribution in [-0.4, -0.2) is 15.5 Å². The maximum Gasteiger partial charge on any atom is 0.125 e. The standard InChI is InChI=1S/C15H20N4/c1-10-17-8-12(9-18-10)11-5-6-14(13(16)7-11)19-15(2,3)4/h5-9,19H,16H2,1-4H3. The van der Waals surface area contributed by atoms with E-state index in [1.807, 2.05) is 37.5 Å². The first-order chi connectivity index (χ1) is 8.85. The fourth-order valence-electron chi connectivity index (χ4n) is 1.80. The van der Waals surface area contributed by atoms with Crippen LogP contribution >= 0.6 is 0 Å². The summed E-state index contributed by atoms with van der Waals surface area (Å²) in [5.41, 5.74) is 9.76. The Morgan fingerprint density at radius 1 is 1.05 bits per heavy atom. The number of nitrogens with two attached hydrogens (primary N) is 1. The first-order valence-electron chi connectivity index (χ1n) is 6.32. The molecule has 1 aromatic heterocycles. The maximum absolute atomic E-state index is 6.09. The summed E-state index contributed by atoms with van der Waals surface area (Å²) >= 11 is 0. The molecule has 0 saturated heterocycles. The largest absolute Gasteiger partial charge is 0.397 e. The van der Waals surface area contributed by atoms with E-state index in [0.717, 1.165) is 28.3 Å². The molecule has 0 spiro atoms. The van der Waals surface area contributed by atoms with Crippen molar-refractivity contribution in [3.05, 3.63) is 36.4 Å². The summed E-state index contributed by atoms with van der Waals surface area (Å²) in [5, 5.41) is 3.38. The zero-order valence-electron chi connectivity index (χ0n) is 11.9. The molecule has 2 rings (SSSR count). The quantitative estimate of drug-likeness (QED) is 0.810. The molecule has 2 aromatic rings. The molecular weight excluding hydrogens is 236 g/mol. The highest BCUT2D eigenvalue weighted by atomic mass is 15.0. The van der Waals surface area contributed by atoms with Crippen molar-refractivity contribution in [3.63, 3.8) is 0 Å². The molecule has 0 saturated carbocycles. The lowest BCUT2D eigenvalue weighted by Crippen LogP contribution is -2.26. The molecule has 0 aliphatic rings. The van der Waals surface area contributed by atoms with Crippen molar-refractivity contribution in [1.82, 2.24) is 9.97 Å². The van der Waals surface area contributed by atoms with Gasteiger partial charge in [0, 0.05) is 23.5 Å². The molecule has 0 unspecified atom stereocenters. The van der Waals surface area contributed by atoms with E-state index < -0.39 is 0 Å². The fraction of sp³-hybridized carbons (Fsp3) is 0.333. The molecule has 19 heavy (non-hydrogen) atoms. The molecule has 1 aromatic carbocycles. The Balaban J connectivity index is 2.31. The highest BCUT2D eigenvalue weighted by Crippen LogP contribution is 2.28. The zero-order chi connectivity index (χ0) is 14.0. The predicted octanol–water partition coefficient (Wildman–Crippen LogP) is 3.24. The maximum atomic E-state index is 6.09. The van der Waals surface area contributed by atoms with Gasteiger partial charge in [0.15, 0.2) is 0 Å². The predicted molar refractivity (Wildman–Crippen MR) is 80.0 cm³/mol. The van der Waals surface area contributed by atoms with Gasteiger partial charge in [0.2, 0.25) is 0 Å². The number of aryl methyl sites for hydroxylation is 1. The first-order valence-corrected chi connectivity index (χ1v) is 6.32. The van der Waals surface area contributed by atoms with Crippen molar-refractivity contribution in [2.24, 2.45) is 0 Å². The molecule has 0 bridgehead atoms. The Kier molecular flexibility index (Phi) is 3.42. The van der Waals surface area contributed by atoms with Gasteiger partial charge in [0.1, 0.15) is 5.82 Å². The number of anilines is 2. The summed E-state index contributed by atoms with van der Waals surface area (Å²) in [6, 6.07) is 5.97. The minimum atomic E-state index is -0.0113. The summed E-state index contributed by atoms with van der Waals surface area (Å²) in [6.07, 6.45) is 3.63. The molecular formula is C15H20N4. The average Bonchev–Trinajstić information content (AvgIpc) is 2.31. The van der Waals surface area contributed by atoms with Gasteiger partial charge >= 0.3 is 0 Å². The summed E-state index contributed by atoms with van der Waals surface area (Å²) in [6.45, 7) is 8.19. The minimum Gasteiger partial charge on any atom is -0.397 e. The monoisotopic (exact) mass is 256 g/mol. The third kappa shape index (κ3) is 3.44. The normalized spacial score (nSPS) is 11.4. The van der Waals surface area contributed by atoms with Crippen molar-refractivity contribution in [1.29, 1.82) is 0 Å². The van der Waals surface area contributed by atoms with Crippen LogP contribution in [0.5, 0.6) is 0 Å². The number of nitrogens with zero attached hydrogens (tertiary/aromatic N) is 2. The number of hydrogen-bond acceptors (Lipinski definition) is 4. The number of nitrogens with one attached hydrogen (secondary N) is 1. The third-order valence-electron chi connectivity index (χ3n) is 2.68. The summed E-state index contributed by atoms with van der Waals surface area (Å²) < 4.78 is 0. The Hall–Kier alpha value is -2.10. The smallest absolute Gasteiger partial charge is 0.125 e. The van der Waals surface area contributed by atoms with Gasteiger partial charge in [0.25, 0.3) is 0 Å². The van der Waals surface area contributed by atoms with E-state index in [4.69, 9.17) is 5.73 Å². The summed E-state index contributed by atoms with van der Waals surface area (Å²) in [7, 11) is 0.